The molecule has 0 fully saturated rings. The monoisotopic (exact) mass is 288 g/mol. The van der Waals surface area contributed by atoms with E-state index in [2.05, 4.69) is 15.9 Å². The van der Waals surface area contributed by atoms with Gasteiger partial charge >= 0.3 is 11.9 Å². The molecule has 1 aliphatic rings. The summed E-state index contributed by atoms with van der Waals surface area (Å²) < 4.78 is 10.0. The highest BCUT2D eigenvalue weighted by Gasteiger charge is 2.29. The van der Waals surface area contributed by atoms with E-state index in [1.165, 1.54) is 11.9 Å². The summed E-state index contributed by atoms with van der Waals surface area (Å²) in [5.41, 5.74) is 0.391. The second-order valence-electron chi connectivity index (χ2n) is 3.39. The average Bonchev–Trinajstić information content (AvgIpc) is 2.58. The van der Waals surface area contributed by atoms with Gasteiger partial charge in [0.15, 0.2) is 0 Å². The molecule has 0 aromatic rings. The highest BCUT2D eigenvalue weighted by Crippen LogP contribution is 2.24. The van der Waals surface area contributed by atoms with Crippen LogP contribution in [0.3, 0.4) is 0 Å². The van der Waals surface area contributed by atoms with E-state index < -0.39 is 18.0 Å². The lowest BCUT2D eigenvalue weighted by Gasteiger charge is -2.15. The van der Waals surface area contributed by atoms with E-state index in [-0.39, 0.29) is 0 Å². The predicted octanol–water partition coefficient (Wildman–Crippen LogP) is 2.44. The highest BCUT2D eigenvalue weighted by molar-refractivity contribution is 9.11. The van der Waals surface area contributed by atoms with E-state index in [0.29, 0.717) is 17.8 Å². The Hall–Kier alpha value is -1.10. The summed E-state index contributed by atoms with van der Waals surface area (Å²) in [4.78, 5) is 23.9. The summed E-state index contributed by atoms with van der Waals surface area (Å²) in [6.07, 6.45) is 2.49. The van der Waals surface area contributed by atoms with Crippen molar-refractivity contribution in [2.24, 2.45) is 0 Å². The Bertz CT molecular complexity index is 357. The van der Waals surface area contributed by atoms with E-state index in [1.807, 2.05) is 6.92 Å². The van der Waals surface area contributed by atoms with Crippen molar-refractivity contribution in [1.29, 1.82) is 0 Å². The van der Waals surface area contributed by atoms with Gasteiger partial charge in [-0.3, -0.25) is 4.79 Å². The topological polar surface area (TPSA) is 52.6 Å². The predicted molar refractivity (Wildman–Crippen MR) is 61.6 cm³/mol. The quantitative estimate of drug-likeness (QED) is 0.746. The number of halogens is 1. The van der Waals surface area contributed by atoms with Crippen LogP contribution in [-0.2, 0) is 19.1 Å². The van der Waals surface area contributed by atoms with Gasteiger partial charge in [0, 0.05) is 11.9 Å². The molecule has 88 valence electrons. The molecule has 0 bridgehead atoms. The van der Waals surface area contributed by atoms with E-state index in [1.54, 1.807) is 6.08 Å². The molecule has 0 aromatic heterocycles. The summed E-state index contributed by atoms with van der Waals surface area (Å²) >= 11 is 3.08. The molecule has 4 nitrogen and oxygen atoms in total. The van der Waals surface area contributed by atoms with Gasteiger partial charge in [-0.2, -0.15) is 0 Å². The number of esters is 2. The number of carbonyl (C=O) groups excluding carboxylic acids is 2. The first-order valence-corrected chi connectivity index (χ1v) is 5.91. The van der Waals surface area contributed by atoms with Crippen LogP contribution in [0.1, 0.15) is 26.7 Å². The van der Waals surface area contributed by atoms with Gasteiger partial charge in [0.2, 0.25) is 0 Å². The second-order valence-corrected chi connectivity index (χ2v) is 3.85. The molecule has 0 saturated carbocycles. The van der Waals surface area contributed by atoms with Crippen LogP contribution in [0.15, 0.2) is 22.4 Å². The van der Waals surface area contributed by atoms with Gasteiger partial charge in [0.1, 0.15) is 11.9 Å². The molecule has 0 amide bonds. The minimum absolute atomic E-state index is 0.391. The molecule has 0 radical (unpaired) electrons. The minimum atomic E-state index is -0.514. The van der Waals surface area contributed by atoms with Gasteiger partial charge in [-0.15, -0.1) is 0 Å². The van der Waals surface area contributed by atoms with Crippen molar-refractivity contribution in [1.82, 2.24) is 0 Å². The van der Waals surface area contributed by atoms with E-state index in [0.717, 1.165) is 6.42 Å². The van der Waals surface area contributed by atoms with Crippen molar-refractivity contribution in [3.8, 4) is 0 Å². The fourth-order valence-electron chi connectivity index (χ4n) is 1.43. The van der Waals surface area contributed by atoms with Crippen molar-refractivity contribution in [2.45, 2.75) is 32.8 Å². The van der Waals surface area contributed by atoms with Crippen LogP contribution >= 0.6 is 15.9 Å². The van der Waals surface area contributed by atoms with Crippen molar-refractivity contribution in [3.05, 3.63) is 22.4 Å². The third kappa shape index (κ3) is 3.20. The summed E-state index contributed by atoms with van der Waals surface area (Å²) in [7, 11) is 0. The molecule has 0 saturated heterocycles. The lowest BCUT2D eigenvalue weighted by Crippen LogP contribution is -2.22. The number of cyclic esters (lactones) is 1. The third-order valence-corrected chi connectivity index (χ3v) is 2.51. The zero-order valence-electron chi connectivity index (χ0n) is 9.16. The number of allylic oxidation sites excluding steroid dienone is 1. The molecule has 1 aliphatic heterocycles. The molecule has 0 N–H and O–H groups in total. The largest absolute Gasteiger partial charge is 0.457 e. The molecule has 1 atom stereocenters. The molecule has 0 spiro atoms. The maximum Gasteiger partial charge on any atom is 0.343 e. The molecule has 1 unspecified atom stereocenters. The zero-order chi connectivity index (χ0) is 12.1. The Morgan fingerprint density at radius 1 is 1.69 bits per heavy atom. The van der Waals surface area contributed by atoms with Gasteiger partial charge in [-0.05, 0) is 12.5 Å². The Kier molecular flexibility index (Phi) is 4.73. The SMILES string of the molecule is CCCC(OC(C)=O)C1=C/C(=C\Br)OC1=O. The Labute approximate surface area is 102 Å². The lowest BCUT2D eigenvalue weighted by molar-refractivity contribution is -0.146. The third-order valence-electron chi connectivity index (χ3n) is 2.06. The number of carbonyl (C=O) groups is 2. The van der Waals surface area contributed by atoms with Crippen LogP contribution in [0.25, 0.3) is 0 Å². The Morgan fingerprint density at radius 2 is 2.38 bits per heavy atom. The fraction of sp³-hybridized carbons (Fsp3) is 0.455. The van der Waals surface area contributed by atoms with Crippen LogP contribution in [0.5, 0.6) is 0 Å². The zero-order valence-corrected chi connectivity index (χ0v) is 10.7. The van der Waals surface area contributed by atoms with E-state index in [4.69, 9.17) is 9.47 Å². The molecule has 1 rings (SSSR count). The molecule has 0 aliphatic carbocycles. The molecule has 5 heteroatoms. The normalized spacial score (nSPS) is 19.3. The fourth-order valence-corrected chi connectivity index (χ4v) is 1.65. The van der Waals surface area contributed by atoms with E-state index in [9.17, 15) is 9.59 Å². The summed E-state index contributed by atoms with van der Waals surface area (Å²) in [5.74, 6) is -0.429. The molecule has 16 heavy (non-hydrogen) atoms. The number of hydrogen-bond acceptors (Lipinski definition) is 4. The summed E-state index contributed by atoms with van der Waals surface area (Å²) in [5, 5.41) is 0. The van der Waals surface area contributed by atoms with Crippen LogP contribution in [-0.4, -0.2) is 18.0 Å². The average molecular weight is 289 g/mol. The maximum absolute atomic E-state index is 11.5. The smallest absolute Gasteiger partial charge is 0.343 e. The van der Waals surface area contributed by atoms with Crippen LogP contribution in [0, 0.1) is 0 Å². The first kappa shape index (κ1) is 13.0. The van der Waals surface area contributed by atoms with Crippen molar-refractivity contribution < 1.29 is 19.1 Å². The minimum Gasteiger partial charge on any atom is -0.457 e. The van der Waals surface area contributed by atoms with E-state index >= 15 is 0 Å². The maximum atomic E-state index is 11.5. The van der Waals surface area contributed by atoms with Crippen molar-refractivity contribution in [2.75, 3.05) is 0 Å². The van der Waals surface area contributed by atoms with Gasteiger partial charge in [-0.25, -0.2) is 4.79 Å². The van der Waals surface area contributed by atoms with Gasteiger partial charge in [-0.1, -0.05) is 29.3 Å². The van der Waals surface area contributed by atoms with Crippen LogP contribution in [0.4, 0.5) is 0 Å². The molecule has 1 heterocycles. The van der Waals surface area contributed by atoms with Gasteiger partial charge in [0.05, 0.1) is 5.57 Å². The first-order valence-electron chi connectivity index (χ1n) is 4.99. The molecular weight excluding hydrogens is 276 g/mol. The first-order chi connectivity index (χ1) is 7.58. The van der Waals surface area contributed by atoms with Crippen LogP contribution in [0.2, 0.25) is 0 Å². The summed E-state index contributed by atoms with van der Waals surface area (Å²) in [6.45, 7) is 3.28. The Balaban J connectivity index is 2.85. The number of ether oxygens (including phenoxy) is 2. The van der Waals surface area contributed by atoms with Crippen molar-refractivity contribution >= 4 is 27.9 Å². The molecular formula is C11H13BrO4. The highest BCUT2D eigenvalue weighted by atomic mass is 79.9. The number of rotatable bonds is 4. The van der Waals surface area contributed by atoms with Crippen molar-refractivity contribution in [3.63, 3.8) is 0 Å². The second kappa shape index (κ2) is 5.84. The standard InChI is InChI=1S/C11H13BrO4/c1-3-4-10(15-7(2)13)9-5-8(6-12)16-11(9)14/h5-6,10H,3-4H2,1-2H3/b8-6+. The lowest BCUT2D eigenvalue weighted by atomic mass is 10.1. The van der Waals surface area contributed by atoms with Gasteiger partial charge < -0.3 is 9.47 Å². The van der Waals surface area contributed by atoms with Gasteiger partial charge in [0.25, 0.3) is 0 Å². The Morgan fingerprint density at radius 3 is 2.81 bits per heavy atom. The number of hydrogen-bond donors (Lipinski definition) is 0. The van der Waals surface area contributed by atoms with Crippen LogP contribution < -0.4 is 0 Å². The summed E-state index contributed by atoms with van der Waals surface area (Å²) in [6, 6.07) is 0. The molecule has 0 aromatic carbocycles.